The van der Waals surface area contributed by atoms with E-state index in [4.69, 9.17) is 9.47 Å². The molecule has 0 spiro atoms. The lowest BCUT2D eigenvalue weighted by molar-refractivity contribution is -0.138. The number of rotatable bonds is 6. The predicted molar refractivity (Wildman–Crippen MR) is 113 cm³/mol. The Morgan fingerprint density at radius 1 is 1.16 bits per heavy atom. The number of imide groups is 1. The highest BCUT2D eigenvalue weighted by molar-refractivity contribution is 6.08. The molecule has 8 nitrogen and oxygen atoms in total. The van der Waals surface area contributed by atoms with Crippen LogP contribution in [0, 0.1) is 6.92 Å². The number of benzene rings is 2. The minimum Gasteiger partial charge on any atom is -0.454 e. The average molecular weight is 423 g/mol. The number of carbonyl (C=O) groups is 3. The molecule has 1 saturated heterocycles. The van der Waals surface area contributed by atoms with E-state index in [1.54, 1.807) is 26.1 Å². The Hall–Kier alpha value is -3.55. The highest BCUT2D eigenvalue weighted by Crippen LogP contribution is 2.34. The lowest BCUT2D eigenvalue weighted by Gasteiger charge is -2.23. The first-order valence-electron chi connectivity index (χ1n) is 10.1. The van der Waals surface area contributed by atoms with E-state index < -0.39 is 17.5 Å². The fourth-order valence-corrected chi connectivity index (χ4v) is 3.86. The molecule has 1 N–H and O–H groups in total. The van der Waals surface area contributed by atoms with Crippen LogP contribution >= 0.6 is 0 Å². The number of ether oxygens (including phenoxy) is 2. The second-order valence-corrected chi connectivity index (χ2v) is 8.19. The van der Waals surface area contributed by atoms with Crippen LogP contribution < -0.4 is 14.8 Å². The Morgan fingerprint density at radius 2 is 1.90 bits per heavy atom. The summed E-state index contributed by atoms with van der Waals surface area (Å²) in [7, 11) is 1.67. The van der Waals surface area contributed by atoms with Crippen molar-refractivity contribution in [1.29, 1.82) is 0 Å². The number of urea groups is 1. The summed E-state index contributed by atoms with van der Waals surface area (Å²) in [6.07, 6.45) is 0.276. The van der Waals surface area contributed by atoms with E-state index >= 15 is 0 Å². The zero-order valence-electron chi connectivity index (χ0n) is 17.8. The van der Waals surface area contributed by atoms with E-state index in [0.717, 1.165) is 21.6 Å². The largest absolute Gasteiger partial charge is 0.454 e. The molecule has 2 aromatic carbocycles. The number of hydrogen-bond acceptors (Lipinski definition) is 5. The van der Waals surface area contributed by atoms with Crippen LogP contribution in [0.4, 0.5) is 4.79 Å². The van der Waals surface area contributed by atoms with Crippen molar-refractivity contribution < 1.29 is 23.9 Å². The van der Waals surface area contributed by atoms with Crippen LogP contribution in [0.1, 0.15) is 23.6 Å². The van der Waals surface area contributed by atoms with Crippen molar-refractivity contribution in [3.8, 4) is 11.5 Å². The summed E-state index contributed by atoms with van der Waals surface area (Å²) < 4.78 is 10.7. The Morgan fingerprint density at radius 3 is 2.68 bits per heavy atom. The molecule has 4 rings (SSSR count). The van der Waals surface area contributed by atoms with E-state index in [0.29, 0.717) is 18.0 Å². The van der Waals surface area contributed by atoms with Crippen molar-refractivity contribution in [1.82, 2.24) is 15.1 Å². The lowest BCUT2D eigenvalue weighted by atomic mass is 9.92. The first kappa shape index (κ1) is 20.7. The molecule has 4 amide bonds. The van der Waals surface area contributed by atoms with Gasteiger partial charge in [0.05, 0.1) is 0 Å². The van der Waals surface area contributed by atoms with Crippen LogP contribution in [-0.4, -0.2) is 53.6 Å². The Balaban J connectivity index is 1.42. The molecule has 0 aliphatic carbocycles. The van der Waals surface area contributed by atoms with Crippen molar-refractivity contribution in [2.45, 2.75) is 32.4 Å². The standard InChI is InChI=1S/C23H25N3O5/c1-15-6-4-5-7-17(15)12-25(3)20(27)13-26-21(28)23(2,24-22(26)29)11-16-8-9-18-19(10-16)31-14-30-18/h4-10H,11-14H2,1-3H3,(H,24,29)/t23-/m0/s1. The first-order chi connectivity index (χ1) is 14.8. The highest BCUT2D eigenvalue weighted by atomic mass is 16.7. The van der Waals surface area contributed by atoms with Gasteiger partial charge in [-0.1, -0.05) is 30.3 Å². The number of fused-ring (bicyclic) bond motifs is 1. The van der Waals surface area contributed by atoms with Gasteiger partial charge < -0.3 is 19.7 Å². The van der Waals surface area contributed by atoms with Crippen molar-refractivity contribution in [2.75, 3.05) is 20.4 Å². The number of aryl methyl sites for hydroxylation is 1. The number of carbonyl (C=O) groups excluding carboxylic acids is 3. The van der Waals surface area contributed by atoms with Crippen LogP contribution in [-0.2, 0) is 22.6 Å². The third-order valence-electron chi connectivity index (χ3n) is 5.73. The average Bonchev–Trinajstić information content (AvgIpc) is 3.27. The monoisotopic (exact) mass is 423 g/mol. The minimum atomic E-state index is -1.14. The summed E-state index contributed by atoms with van der Waals surface area (Å²) in [6.45, 7) is 3.91. The fraction of sp³-hybridized carbons (Fsp3) is 0.348. The number of hydrogen-bond donors (Lipinski definition) is 1. The van der Waals surface area contributed by atoms with Crippen LogP contribution in [0.3, 0.4) is 0 Å². The SMILES string of the molecule is Cc1ccccc1CN(C)C(=O)CN1C(=O)N[C@@](C)(Cc2ccc3c(c2)OCO3)C1=O. The molecular weight excluding hydrogens is 398 g/mol. The number of amides is 4. The van der Waals surface area contributed by atoms with Crippen molar-refractivity contribution in [3.05, 3.63) is 59.2 Å². The van der Waals surface area contributed by atoms with E-state index in [1.807, 2.05) is 37.3 Å². The Kier molecular flexibility index (Phi) is 5.31. The molecule has 31 heavy (non-hydrogen) atoms. The maximum Gasteiger partial charge on any atom is 0.325 e. The second kappa shape index (κ2) is 7.94. The summed E-state index contributed by atoms with van der Waals surface area (Å²) in [4.78, 5) is 40.8. The molecule has 0 radical (unpaired) electrons. The van der Waals surface area contributed by atoms with Gasteiger partial charge in [-0.15, -0.1) is 0 Å². The van der Waals surface area contributed by atoms with Crippen LogP contribution in [0.5, 0.6) is 11.5 Å². The third-order valence-corrected chi connectivity index (χ3v) is 5.73. The highest BCUT2D eigenvalue weighted by Gasteiger charge is 2.48. The van der Waals surface area contributed by atoms with Gasteiger partial charge in [-0.2, -0.15) is 0 Å². The van der Waals surface area contributed by atoms with Gasteiger partial charge in [-0.3, -0.25) is 14.5 Å². The van der Waals surface area contributed by atoms with Gasteiger partial charge in [0, 0.05) is 20.0 Å². The van der Waals surface area contributed by atoms with Crippen LogP contribution in [0.15, 0.2) is 42.5 Å². The number of nitrogens with one attached hydrogen (secondary N) is 1. The second-order valence-electron chi connectivity index (χ2n) is 8.19. The molecule has 162 valence electrons. The number of likely N-dealkylation sites (N-methyl/N-ethyl adjacent to an activating group) is 1. The molecule has 1 fully saturated rings. The molecule has 2 heterocycles. The molecule has 0 aromatic heterocycles. The van der Waals surface area contributed by atoms with Crippen molar-refractivity contribution in [3.63, 3.8) is 0 Å². The Bertz CT molecular complexity index is 1050. The molecule has 0 unspecified atom stereocenters. The van der Waals surface area contributed by atoms with Gasteiger partial charge in [0.1, 0.15) is 12.1 Å². The van der Waals surface area contributed by atoms with E-state index in [9.17, 15) is 14.4 Å². The van der Waals surface area contributed by atoms with Crippen molar-refractivity contribution >= 4 is 17.8 Å². The van der Waals surface area contributed by atoms with Gasteiger partial charge in [-0.05, 0) is 42.7 Å². The summed E-state index contributed by atoms with van der Waals surface area (Å²) >= 11 is 0. The molecule has 8 heteroatoms. The zero-order chi connectivity index (χ0) is 22.2. The molecule has 2 aliphatic rings. The summed E-state index contributed by atoms with van der Waals surface area (Å²) in [5.41, 5.74) is 1.78. The van der Waals surface area contributed by atoms with E-state index in [2.05, 4.69) is 5.32 Å². The van der Waals surface area contributed by atoms with Gasteiger partial charge in [0.25, 0.3) is 5.91 Å². The molecule has 2 aliphatic heterocycles. The Labute approximate surface area is 180 Å². The topological polar surface area (TPSA) is 88.2 Å². The molecule has 0 saturated carbocycles. The summed E-state index contributed by atoms with van der Waals surface area (Å²) in [6, 6.07) is 12.6. The maximum absolute atomic E-state index is 13.1. The van der Waals surface area contributed by atoms with Crippen LogP contribution in [0.2, 0.25) is 0 Å². The van der Waals surface area contributed by atoms with Gasteiger partial charge >= 0.3 is 6.03 Å². The fourth-order valence-electron chi connectivity index (χ4n) is 3.86. The molecule has 0 bridgehead atoms. The van der Waals surface area contributed by atoms with E-state index in [-0.39, 0.29) is 25.7 Å². The van der Waals surface area contributed by atoms with Gasteiger partial charge in [0.15, 0.2) is 11.5 Å². The first-order valence-corrected chi connectivity index (χ1v) is 10.1. The lowest BCUT2D eigenvalue weighted by Crippen LogP contribution is -2.47. The van der Waals surface area contributed by atoms with Gasteiger partial charge in [0.2, 0.25) is 12.7 Å². The normalized spacial score (nSPS) is 19.5. The molecule has 2 aromatic rings. The molecular formula is C23H25N3O5. The predicted octanol–water partition coefficient (Wildman–Crippen LogP) is 2.24. The zero-order valence-corrected chi connectivity index (χ0v) is 17.8. The smallest absolute Gasteiger partial charge is 0.325 e. The molecule has 1 atom stereocenters. The maximum atomic E-state index is 13.1. The summed E-state index contributed by atoms with van der Waals surface area (Å²) in [5, 5.41) is 2.74. The minimum absolute atomic E-state index is 0.164. The number of nitrogens with zero attached hydrogens (tertiary/aromatic N) is 2. The van der Waals surface area contributed by atoms with Crippen LogP contribution in [0.25, 0.3) is 0 Å². The summed E-state index contributed by atoms with van der Waals surface area (Å²) in [5.74, 6) is 0.536. The quantitative estimate of drug-likeness (QED) is 0.720. The third kappa shape index (κ3) is 4.05. The van der Waals surface area contributed by atoms with E-state index in [1.165, 1.54) is 4.90 Å². The van der Waals surface area contributed by atoms with Crippen molar-refractivity contribution in [2.24, 2.45) is 0 Å². The van der Waals surface area contributed by atoms with Gasteiger partial charge in [-0.25, -0.2) is 4.79 Å².